The third-order valence-corrected chi connectivity index (χ3v) is 2.10. The first-order valence-electron chi connectivity index (χ1n) is 3.57. The summed E-state index contributed by atoms with van der Waals surface area (Å²) in [6.45, 7) is 1.17. The second-order valence-electron chi connectivity index (χ2n) is 2.73. The number of rotatable bonds is 0. The fraction of sp³-hybridized carbons (Fsp3) is 0.500. The first-order valence-corrected chi connectivity index (χ1v) is 3.57. The molecule has 0 aromatic heterocycles. The number of nitrogens with one attached hydrogen (secondary N) is 1. The van der Waals surface area contributed by atoms with Crippen LogP contribution < -0.4 is 5.32 Å². The Labute approximate surface area is 55.5 Å². The van der Waals surface area contributed by atoms with Crippen molar-refractivity contribution in [2.75, 3.05) is 6.54 Å². The highest BCUT2D eigenvalue weighted by Crippen LogP contribution is 2.25. The largest absolute Gasteiger partial charge is 0.390 e. The van der Waals surface area contributed by atoms with Gasteiger partial charge in [0.15, 0.2) is 0 Å². The van der Waals surface area contributed by atoms with Gasteiger partial charge >= 0.3 is 0 Å². The SMILES string of the molecule is C1=CC2=CNCC2CC1. The van der Waals surface area contributed by atoms with Crippen LogP contribution >= 0.6 is 0 Å². The highest BCUT2D eigenvalue weighted by atomic mass is 14.9. The lowest BCUT2D eigenvalue weighted by atomic mass is 9.92. The van der Waals surface area contributed by atoms with Gasteiger partial charge in [-0.2, -0.15) is 0 Å². The van der Waals surface area contributed by atoms with Crippen LogP contribution in [0.1, 0.15) is 12.8 Å². The maximum absolute atomic E-state index is 3.25. The lowest BCUT2D eigenvalue weighted by molar-refractivity contribution is 0.579. The number of hydrogen-bond donors (Lipinski definition) is 1. The molecule has 0 saturated carbocycles. The quantitative estimate of drug-likeness (QED) is 0.511. The zero-order valence-corrected chi connectivity index (χ0v) is 5.43. The summed E-state index contributed by atoms with van der Waals surface area (Å²) in [5.41, 5.74) is 1.50. The lowest BCUT2D eigenvalue weighted by Crippen LogP contribution is -2.11. The minimum absolute atomic E-state index is 0.829. The molecule has 1 N–H and O–H groups in total. The third-order valence-electron chi connectivity index (χ3n) is 2.10. The van der Waals surface area contributed by atoms with E-state index in [4.69, 9.17) is 0 Å². The Morgan fingerprint density at radius 3 is 3.44 bits per heavy atom. The minimum atomic E-state index is 0.829. The van der Waals surface area contributed by atoms with E-state index in [0.717, 1.165) is 5.92 Å². The van der Waals surface area contributed by atoms with E-state index in [0.29, 0.717) is 0 Å². The topological polar surface area (TPSA) is 12.0 Å². The predicted molar refractivity (Wildman–Crippen MR) is 37.9 cm³/mol. The second-order valence-corrected chi connectivity index (χ2v) is 2.73. The van der Waals surface area contributed by atoms with Gasteiger partial charge in [0.1, 0.15) is 0 Å². The Kier molecular flexibility index (Phi) is 1.08. The molecule has 0 aromatic rings. The monoisotopic (exact) mass is 121 g/mol. The van der Waals surface area contributed by atoms with Crippen molar-refractivity contribution in [2.24, 2.45) is 5.92 Å². The highest BCUT2D eigenvalue weighted by molar-refractivity contribution is 5.27. The van der Waals surface area contributed by atoms with Crippen molar-refractivity contribution >= 4 is 0 Å². The molecule has 2 aliphatic rings. The summed E-state index contributed by atoms with van der Waals surface area (Å²) in [7, 11) is 0. The van der Waals surface area contributed by atoms with Gasteiger partial charge in [0.25, 0.3) is 0 Å². The standard InChI is InChI=1S/C8H11N/c1-2-4-8-6-9-5-7(8)3-1/h1,3,5,8-9H,2,4,6H2. The summed E-state index contributed by atoms with van der Waals surface area (Å²) in [6, 6.07) is 0. The molecule has 1 aliphatic heterocycles. The van der Waals surface area contributed by atoms with Gasteiger partial charge in [0.05, 0.1) is 0 Å². The third kappa shape index (κ3) is 0.766. The van der Waals surface area contributed by atoms with Crippen LogP contribution in [0.4, 0.5) is 0 Å². The molecule has 1 heterocycles. The molecule has 9 heavy (non-hydrogen) atoms. The van der Waals surface area contributed by atoms with Gasteiger partial charge in [0.2, 0.25) is 0 Å². The molecule has 0 bridgehead atoms. The predicted octanol–water partition coefficient (Wildman–Crippen LogP) is 1.44. The molecule has 48 valence electrons. The highest BCUT2D eigenvalue weighted by Gasteiger charge is 2.17. The van der Waals surface area contributed by atoms with E-state index in [-0.39, 0.29) is 0 Å². The first kappa shape index (κ1) is 5.10. The van der Waals surface area contributed by atoms with Crippen molar-refractivity contribution < 1.29 is 0 Å². The van der Waals surface area contributed by atoms with Crippen LogP contribution in [0.5, 0.6) is 0 Å². The molecule has 0 saturated heterocycles. The van der Waals surface area contributed by atoms with Crippen LogP contribution in [-0.2, 0) is 0 Å². The van der Waals surface area contributed by atoms with Crippen molar-refractivity contribution in [3.05, 3.63) is 23.9 Å². The number of allylic oxidation sites excluding steroid dienone is 2. The molecule has 1 heteroatoms. The zero-order valence-electron chi connectivity index (χ0n) is 5.43. The normalized spacial score (nSPS) is 31.1. The Bertz CT molecular complexity index is 167. The molecule has 1 atom stereocenters. The molecule has 0 amide bonds. The Morgan fingerprint density at radius 2 is 2.56 bits per heavy atom. The van der Waals surface area contributed by atoms with Gasteiger partial charge in [-0.1, -0.05) is 12.2 Å². The van der Waals surface area contributed by atoms with Crippen molar-refractivity contribution in [1.82, 2.24) is 5.32 Å². The average molecular weight is 121 g/mol. The van der Waals surface area contributed by atoms with Gasteiger partial charge in [-0.15, -0.1) is 0 Å². The van der Waals surface area contributed by atoms with Crippen molar-refractivity contribution in [3.8, 4) is 0 Å². The van der Waals surface area contributed by atoms with Gasteiger partial charge in [0, 0.05) is 18.7 Å². The molecular weight excluding hydrogens is 110 g/mol. The molecule has 1 unspecified atom stereocenters. The van der Waals surface area contributed by atoms with Crippen molar-refractivity contribution in [2.45, 2.75) is 12.8 Å². The zero-order chi connectivity index (χ0) is 6.10. The van der Waals surface area contributed by atoms with Crippen molar-refractivity contribution in [3.63, 3.8) is 0 Å². The smallest absolute Gasteiger partial charge is 0.0211 e. The number of fused-ring (bicyclic) bond motifs is 1. The fourth-order valence-corrected chi connectivity index (χ4v) is 1.52. The summed E-state index contributed by atoms with van der Waals surface area (Å²) in [5, 5.41) is 3.25. The first-order chi connectivity index (χ1) is 4.47. The molecule has 2 rings (SSSR count). The molecule has 1 nitrogen and oxygen atoms in total. The summed E-state index contributed by atoms with van der Waals surface area (Å²) in [5.74, 6) is 0.829. The summed E-state index contributed by atoms with van der Waals surface area (Å²) in [6.07, 6.45) is 9.25. The van der Waals surface area contributed by atoms with E-state index in [1.165, 1.54) is 25.0 Å². The van der Waals surface area contributed by atoms with E-state index in [1.54, 1.807) is 0 Å². The van der Waals surface area contributed by atoms with Crippen LogP contribution in [-0.4, -0.2) is 6.54 Å². The average Bonchev–Trinajstić information content (AvgIpc) is 2.33. The second kappa shape index (κ2) is 1.90. The maximum atomic E-state index is 3.25. The van der Waals surface area contributed by atoms with E-state index in [1.807, 2.05) is 0 Å². The van der Waals surface area contributed by atoms with Gasteiger partial charge in [-0.05, 0) is 18.4 Å². The van der Waals surface area contributed by atoms with Crippen molar-refractivity contribution in [1.29, 1.82) is 0 Å². The minimum Gasteiger partial charge on any atom is -0.390 e. The Balaban J connectivity index is 2.24. The molecule has 1 aliphatic carbocycles. The van der Waals surface area contributed by atoms with E-state index >= 15 is 0 Å². The Hall–Kier alpha value is -0.720. The van der Waals surface area contributed by atoms with Crippen LogP contribution in [0.25, 0.3) is 0 Å². The maximum Gasteiger partial charge on any atom is 0.0211 e. The molecule has 0 aromatic carbocycles. The van der Waals surface area contributed by atoms with Gasteiger partial charge < -0.3 is 5.32 Å². The van der Waals surface area contributed by atoms with Gasteiger partial charge in [-0.25, -0.2) is 0 Å². The molecule has 0 radical (unpaired) electrons. The van der Waals surface area contributed by atoms with Crippen LogP contribution in [0, 0.1) is 5.92 Å². The lowest BCUT2D eigenvalue weighted by Gasteiger charge is -2.13. The molecule has 0 spiro atoms. The van der Waals surface area contributed by atoms with Gasteiger partial charge in [-0.3, -0.25) is 0 Å². The Morgan fingerprint density at radius 1 is 1.56 bits per heavy atom. The number of hydrogen-bond acceptors (Lipinski definition) is 1. The van der Waals surface area contributed by atoms with Crippen LogP contribution in [0.2, 0.25) is 0 Å². The van der Waals surface area contributed by atoms with E-state index < -0.39 is 0 Å². The van der Waals surface area contributed by atoms with E-state index in [9.17, 15) is 0 Å². The summed E-state index contributed by atoms with van der Waals surface area (Å²) in [4.78, 5) is 0. The van der Waals surface area contributed by atoms with E-state index in [2.05, 4.69) is 23.7 Å². The molecule has 0 fully saturated rings. The fourth-order valence-electron chi connectivity index (χ4n) is 1.52. The van der Waals surface area contributed by atoms with Crippen LogP contribution in [0.3, 0.4) is 0 Å². The molecular formula is C8H11N. The summed E-state index contributed by atoms with van der Waals surface area (Å²) < 4.78 is 0. The van der Waals surface area contributed by atoms with Crippen LogP contribution in [0.15, 0.2) is 23.9 Å². The summed E-state index contributed by atoms with van der Waals surface area (Å²) >= 11 is 0.